The number of rotatable bonds is 4. The first kappa shape index (κ1) is 13.7. The quantitative estimate of drug-likeness (QED) is 0.851. The summed E-state index contributed by atoms with van der Waals surface area (Å²) in [7, 11) is 0. The Labute approximate surface area is 120 Å². The van der Waals surface area contributed by atoms with Crippen LogP contribution in [0.5, 0.6) is 0 Å². The van der Waals surface area contributed by atoms with E-state index in [1.165, 1.54) is 12.1 Å². The van der Waals surface area contributed by atoms with E-state index >= 15 is 0 Å². The number of halogens is 4. The fraction of sp³-hybridized carbons (Fsp3) is 0.167. The Morgan fingerprint density at radius 2 is 1.89 bits per heavy atom. The molecule has 1 heterocycles. The van der Waals surface area contributed by atoms with Crippen molar-refractivity contribution in [2.45, 2.75) is 13.1 Å². The third-order valence-electron chi connectivity index (χ3n) is 2.33. The second kappa shape index (κ2) is 5.95. The lowest BCUT2D eigenvalue weighted by atomic mass is 10.2. The minimum Gasteiger partial charge on any atom is -0.452 e. The molecule has 0 aliphatic carbocycles. The maximum absolute atomic E-state index is 13.3. The Hall–Kier alpha value is -0.720. The molecule has 0 amide bonds. The summed E-state index contributed by atoms with van der Waals surface area (Å²) in [5.41, 5.74) is 0.418. The van der Waals surface area contributed by atoms with Gasteiger partial charge in [0, 0.05) is 18.2 Å². The summed E-state index contributed by atoms with van der Waals surface area (Å²) in [4.78, 5) is 0. The minimum atomic E-state index is -0.574. The monoisotopic (exact) mass is 379 g/mol. The van der Waals surface area contributed by atoms with Crippen LogP contribution >= 0.6 is 31.9 Å². The number of furan rings is 1. The van der Waals surface area contributed by atoms with Crippen molar-refractivity contribution in [1.82, 2.24) is 5.32 Å². The zero-order valence-electron chi connectivity index (χ0n) is 9.14. The van der Waals surface area contributed by atoms with Crippen LogP contribution in [0, 0.1) is 11.6 Å². The van der Waals surface area contributed by atoms with E-state index in [9.17, 15) is 8.78 Å². The van der Waals surface area contributed by atoms with E-state index in [-0.39, 0.29) is 0 Å². The molecular weight excluding hydrogens is 372 g/mol. The average Bonchev–Trinajstić information content (AvgIpc) is 2.61. The van der Waals surface area contributed by atoms with E-state index in [1.807, 2.05) is 6.07 Å². The molecule has 1 N–H and O–H groups in total. The molecule has 0 radical (unpaired) electrons. The van der Waals surface area contributed by atoms with Crippen LogP contribution in [0.15, 0.2) is 37.8 Å². The molecule has 0 saturated heterocycles. The zero-order chi connectivity index (χ0) is 13.1. The van der Waals surface area contributed by atoms with Gasteiger partial charge >= 0.3 is 0 Å². The molecule has 18 heavy (non-hydrogen) atoms. The molecular formula is C12H9Br2F2NO. The summed E-state index contributed by atoms with van der Waals surface area (Å²) in [5.74, 6) is -0.407. The summed E-state index contributed by atoms with van der Waals surface area (Å²) in [6.07, 6.45) is 0. The predicted molar refractivity (Wildman–Crippen MR) is 71.0 cm³/mol. The normalized spacial score (nSPS) is 10.9. The van der Waals surface area contributed by atoms with E-state index in [2.05, 4.69) is 37.2 Å². The van der Waals surface area contributed by atoms with Crippen molar-refractivity contribution < 1.29 is 13.2 Å². The van der Waals surface area contributed by atoms with Crippen molar-refractivity contribution in [3.63, 3.8) is 0 Å². The van der Waals surface area contributed by atoms with Gasteiger partial charge < -0.3 is 9.73 Å². The lowest BCUT2D eigenvalue weighted by Gasteiger charge is -2.04. The average molecular weight is 381 g/mol. The summed E-state index contributed by atoms with van der Waals surface area (Å²) >= 11 is 6.53. The molecule has 0 aliphatic heterocycles. The van der Waals surface area contributed by atoms with Gasteiger partial charge in [-0.25, -0.2) is 8.78 Å². The first-order chi connectivity index (χ1) is 8.56. The number of hydrogen-bond acceptors (Lipinski definition) is 2. The largest absolute Gasteiger partial charge is 0.452 e. The van der Waals surface area contributed by atoms with Gasteiger partial charge in [-0.05, 0) is 44.0 Å². The summed E-state index contributed by atoms with van der Waals surface area (Å²) < 4.78 is 32.8. The van der Waals surface area contributed by atoms with E-state index in [4.69, 9.17) is 4.42 Å². The molecule has 2 rings (SSSR count). The Bertz CT molecular complexity index is 538. The third kappa shape index (κ3) is 3.40. The minimum absolute atomic E-state index is 0.308. The molecule has 2 nitrogen and oxygen atoms in total. The van der Waals surface area contributed by atoms with Crippen LogP contribution in [-0.4, -0.2) is 0 Å². The first-order valence-electron chi connectivity index (χ1n) is 5.14. The van der Waals surface area contributed by atoms with Crippen LogP contribution in [0.2, 0.25) is 0 Å². The van der Waals surface area contributed by atoms with Crippen LogP contribution in [0.4, 0.5) is 8.78 Å². The molecule has 0 saturated carbocycles. The first-order valence-corrected chi connectivity index (χ1v) is 6.73. The van der Waals surface area contributed by atoms with Crippen molar-refractivity contribution >= 4 is 31.9 Å². The van der Waals surface area contributed by atoms with Gasteiger partial charge in [0.25, 0.3) is 0 Å². The van der Waals surface area contributed by atoms with Gasteiger partial charge in [-0.2, -0.15) is 0 Å². The smallest absolute Gasteiger partial charge is 0.183 e. The molecule has 0 aliphatic rings. The topological polar surface area (TPSA) is 25.2 Å². The molecule has 0 atom stereocenters. The van der Waals surface area contributed by atoms with Gasteiger partial charge in [-0.3, -0.25) is 0 Å². The number of nitrogens with one attached hydrogen (secondary N) is 1. The van der Waals surface area contributed by atoms with E-state index < -0.39 is 11.6 Å². The Kier molecular flexibility index (Phi) is 4.53. The fourth-order valence-corrected chi connectivity index (χ4v) is 2.12. The molecule has 1 aromatic heterocycles. The fourth-order valence-electron chi connectivity index (χ4n) is 1.46. The van der Waals surface area contributed by atoms with Crippen molar-refractivity contribution in [3.05, 3.63) is 56.4 Å². The van der Waals surface area contributed by atoms with E-state index in [1.54, 1.807) is 0 Å². The van der Waals surface area contributed by atoms with Crippen LogP contribution in [0.3, 0.4) is 0 Å². The highest BCUT2D eigenvalue weighted by molar-refractivity contribution is 9.13. The van der Waals surface area contributed by atoms with Crippen LogP contribution in [-0.2, 0) is 13.1 Å². The summed E-state index contributed by atoms with van der Waals surface area (Å²) in [6.45, 7) is 0.767. The van der Waals surface area contributed by atoms with Crippen molar-refractivity contribution in [2.75, 3.05) is 0 Å². The van der Waals surface area contributed by atoms with Crippen LogP contribution in [0.1, 0.15) is 11.3 Å². The van der Waals surface area contributed by atoms with Gasteiger partial charge in [0.1, 0.15) is 17.4 Å². The maximum atomic E-state index is 13.3. The third-order valence-corrected chi connectivity index (χ3v) is 4.04. The van der Waals surface area contributed by atoms with Gasteiger partial charge in [0.2, 0.25) is 0 Å². The highest BCUT2D eigenvalue weighted by Gasteiger charge is 2.07. The predicted octanol–water partition coefficient (Wildman–Crippen LogP) is 4.37. The second-order valence-corrected chi connectivity index (χ2v) is 5.25. The maximum Gasteiger partial charge on any atom is 0.183 e. The number of hydrogen-bond donors (Lipinski definition) is 1. The van der Waals surface area contributed by atoms with Gasteiger partial charge in [-0.1, -0.05) is 6.07 Å². The van der Waals surface area contributed by atoms with E-state index in [0.717, 1.165) is 16.3 Å². The molecule has 0 unspecified atom stereocenters. The Morgan fingerprint density at radius 3 is 2.50 bits per heavy atom. The van der Waals surface area contributed by atoms with E-state index in [0.29, 0.717) is 23.3 Å². The molecule has 0 fully saturated rings. The number of benzene rings is 1. The standard InChI is InChI=1S/C12H9Br2F2NO/c13-10-4-9(18-12(10)14)6-17-5-7-1-2-8(15)3-11(7)16/h1-4,17H,5-6H2. The highest BCUT2D eigenvalue weighted by atomic mass is 79.9. The van der Waals surface area contributed by atoms with Crippen LogP contribution in [0.25, 0.3) is 0 Å². The van der Waals surface area contributed by atoms with Crippen molar-refractivity contribution in [1.29, 1.82) is 0 Å². The highest BCUT2D eigenvalue weighted by Crippen LogP contribution is 2.26. The summed E-state index contributed by atoms with van der Waals surface area (Å²) in [5, 5.41) is 3.02. The second-order valence-electron chi connectivity index (χ2n) is 3.67. The Morgan fingerprint density at radius 1 is 1.11 bits per heavy atom. The lowest BCUT2D eigenvalue weighted by molar-refractivity contribution is 0.461. The van der Waals surface area contributed by atoms with Crippen LogP contribution < -0.4 is 5.32 Å². The van der Waals surface area contributed by atoms with Gasteiger partial charge in [0.15, 0.2) is 4.67 Å². The molecule has 2 aromatic rings. The zero-order valence-corrected chi connectivity index (χ0v) is 12.3. The lowest BCUT2D eigenvalue weighted by Crippen LogP contribution is -2.13. The molecule has 0 spiro atoms. The molecule has 1 aromatic carbocycles. The summed E-state index contributed by atoms with van der Waals surface area (Å²) in [6, 6.07) is 5.35. The van der Waals surface area contributed by atoms with Gasteiger partial charge in [-0.15, -0.1) is 0 Å². The van der Waals surface area contributed by atoms with Gasteiger partial charge in [0.05, 0.1) is 11.0 Å². The Balaban J connectivity index is 1.92. The molecule has 6 heteroatoms. The van der Waals surface area contributed by atoms with Crippen molar-refractivity contribution in [3.8, 4) is 0 Å². The SMILES string of the molecule is Fc1ccc(CNCc2cc(Br)c(Br)o2)c(F)c1. The molecule has 0 bridgehead atoms. The van der Waals surface area contributed by atoms with Crippen molar-refractivity contribution in [2.24, 2.45) is 0 Å². The molecule has 96 valence electrons.